The van der Waals surface area contributed by atoms with Crippen LogP contribution in [0.5, 0.6) is 0 Å². The average molecular weight is 901 g/mol. The summed E-state index contributed by atoms with van der Waals surface area (Å²) in [6, 6.07) is 50.0. The molecule has 0 bridgehead atoms. The zero-order valence-corrected chi connectivity index (χ0v) is 39.4. The number of aliphatic imine (C=N–C) groups is 2. The van der Waals surface area contributed by atoms with E-state index < -0.39 is 0 Å². The van der Waals surface area contributed by atoms with Crippen molar-refractivity contribution in [2.45, 2.75) is 88.8 Å². The van der Waals surface area contributed by atoms with E-state index in [0.717, 1.165) is 48.5 Å². The summed E-state index contributed by atoms with van der Waals surface area (Å²) >= 11 is 1.95. The van der Waals surface area contributed by atoms with Gasteiger partial charge in [0.2, 0.25) is 0 Å². The molecule has 0 spiro atoms. The lowest BCUT2D eigenvalue weighted by Gasteiger charge is -2.33. The van der Waals surface area contributed by atoms with Crippen molar-refractivity contribution in [3.63, 3.8) is 0 Å². The van der Waals surface area contributed by atoms with Crippen molar-refractivity contribution in [1.29, 1.82) is 0 Å². The number of nitrogens with zero attached hydrogens (tertiary/aromatic N) is 3. The Morgan fingerprint density at radius 2 is 1.41 bits per heavy atom. The van der Waals surface area contributed by atoms with E-state index in [1.165, 1.54) is 126 Å². The van der Waals surface area contributed by atoms with Gasteiger partial charge in [0.15, 0.2) is 6.17 Å². The van der Waals surface area contributed by atoms with Crippen molar-refractivity contribution >= 4 is 81.7 Å². The van der Waals surface area contributed by atoms with Gasteiger partial charge >= 0.3 is 0 Å². The molecule has 6 aromatic carbocycles. The number of benzene rings is 6. The molecule has 1 aliphatic heterocycles. The van der Waals surface area contributed by atoms with E-state index in [-0.39, 0.29) is 18.0 Å². The fourth-order valence-electron chi connectivity index (χ4n) is 12.2. The first-order chi connectivity index (χ1) is 33.7. The Hall–Kier alpha value is -6.82. The predicted molar refractivity (Wildman–Crippen MR) is 290 cm³/mol. The van der Waals surface area contributed by atoms with Crippen molar-refractivity contribution in [3.8, 4) is 0 Å². The van der Waals surface area contributed by atoms with Gasteiger partial charge in [0.25, 0.3) is 0 Å². The largest absolute Gasteiger partial charge is 0.337 e. The van der Waals surface area contributed by atoms with E-state index in [0.29, 0.717) is 6.04 Å². The minimum atomic E-state index is -0.383. The van der Waals surface area contributed by atoms with Crippen LogP contribution in [-0.4, -0.2) is 16.2 Å². The topological polar surface area (TPSA) is 41.7 Å². The number of rotatable bonds is 8. The molecule has 1 saturated carbocycles. The third kappa shape index (κ3) is 7.34. The number of nitrogens with one attached hydrogen (secondary N) is 1. The maximum Gasteiger partial charge on any atom is 0.169 e. The van der Waals surface area contributed by atoms with Gasteiger partial charge in [0.05, 0.1) is 5.52 Å². The lowest BCUT2D eigenvalue weighted by atomic mass is 9.75. The molecule has 1 fully saturated rings. The van der Waals surface area contributed by atoms with Crippen LogP contribution >= 0.6 is 11.3 Å². The highest BCUT2D eigenvalue weighted by Gasteiger charge is 2.34. The van der Waals surface area contributed by atoms with Crippen molar-refractivity contribution in [2.24, 2.45) is 15.9 Å². The van der Waals surface area contributed by atoms with Gasteiger partial charge in [-0.2, -0.15) is 0 Å². The first-order valence-electron chi connectivity index (χ1n) is 25.2. The first-order valence-corrected chi connectivity index (χ1v) is 26.1. The second-order valence-electron chi connectivity index (χ2n) is 19.5. The molecular weight excluding hydrogens is 845 g/mol. The number of aromatic nitrogens is 1. The van der Waals surface area contributed by atoms with E-state index in [2.05, 4.69) is 186 Å². The van der Waals surface area contributed by atoms with Crippen LogP contribution in [0.4, 0.5) is 0 Å². The van der Waals surface area contributed by atoms with E-state index in [4.69, 9.17) is 9.98 Å². The van der Waals surface area contributed by atoms with E-state index in [1.807, 2.05) is 11.3 Å². The predicted octanol–water partition coefficient (Wildman–Crippen LogP) is 16.9. The quantitative estimate of drug-likeness (QED) is 0.162. The molecule has 5 aliphatic rings. The zero-order chi connectivity index (χ0) is 45.0. The highest BCUT2D eigenvalue weighted by molar-refractivity contribution is 7.26. The lowest BCUT2D eigenvalue weighted by Crippen LogP contribution is -2.41. The summed E-state index contributed by atoms with van der Waals surface area (Å²) < 4.78 is 5.40. The Morgan fingerprint density at radius 1 is 0.588 bits per heavy atom. The van der Waals surface area contributed by atoms with Gasteiger partial charge in [-0.05, 0) is 120 Å². The third-order valence-electron chi connectivity index (χ3n) is 15.4. The van der Waals surface area contributed by atoms with Gasteiger partial charge < -0.3 is 9.88 Å². The van der Waals surface area contributed by atoms with Crippen molar-refractivity contribution < 1.29 is 0 Å². The van der Waals surface area contributed by atoms with Crippen LogP contribution in [0.2, 0.25) is 0 Å². The van der Waals surface area contributed by atoms with Crippen LogP contribution < -0.4 is 5.32 Å². The SMILES string of the molecule is C1=CC(c2cccc(C3=CCCCC3)c2C2=CC(C3=NC(c4ccccc4)N=C(c4ccccc4)N3)C(c3cccc4sc5cc6c(cc5c34)c3ccccc3n6C3CCCCC3)C=C2)=CCC1. The zero-order valence-electron chi connectivity index (χ0n) is 38.6. The summed E-state index contributed by atoms with van der Waals surface area (Å²) in [5, 5.41) is 9.35. The molecule has 3 atom stereocenters. The number of thiophene rings is 1. The summed E-state index contributed by atoms with van der Waals surface area (Å²) in [7, 11) is 0. The minimum absolute atomic E-state index is 0.00405. The number of amidine groups is 2. The van der Waals surface area contributed by atoms with E-state index in [1.54, 1.807) is 0 Å². The summed E-state index contributed by atoms with van der Waals surface area (Å²) in [4.78, 5) is 11.0. The van der Waals surface area contributed by atoms with E-state index >= 15 is 0 Å². The van der Waals surface area contributed by atoms with Gasteiger partial charge in [-0.15, -0.1) is 11.3 Å². The molecular formula is C63H56N4S. The molecule has 0 radical (unpaired) electrons. The maximum absolute atomic E-state index is 5.64. The highest BCUT2D eigenvalue weighted by Crippen LogP contribution is 2.48. The summed E-state index contributed by atoms with van der Waals surface area (Å²) in [6.07, 6.45) is 30.2. The highest BCUT2D eigenvalue weighted by atomic mass is 32.1. The Kier molecular flexibility index (Phi) is 10.8. The maximum atomic E-state index is 5.64. The summed E-state index contributed by atoms with van der Waals surface area (Å²) in [6.45, 7) is 0. The Morgan fingerprint density at radius 3 is 2.25 bits per heavy atom. The molecule has 4 nitrogen and oxygen atoms in total. The van der Waals surface area contributed by atoms with Crippen LogP contribution in [-0.2, 0) is 0 Å². The molecule has 3 heterocycles. The molecule has 13 rings (SSSR count). The minimum Gasteiger partial charge on any atom is -0.337 e. The fourth-order valence-corrected chi connectivity index (χ4v) is 13.3. The average Bonchev–Trinajstić information content (AvgIpc) is 3.95. The number of allylic oxidation sites excluding steroid dienone is 9. The van der Waals surface area contributed by atoms with Crippen LogP contribution in [0.3, 0.4) is 0 Å². The number of hydrogen-bond acceptors (Lipinski definition) is 4. The molecule has 3 unspecified atom stereocenters. The van der Waals surface area contributed by atoms with Crippen molar-refractivity contribution in [2.75, 3.05) is 0 Å². The Bertz CT molecular complexity index is 3480. The number of para-hydroxylation sites is 1. The fraction of sp³-hybridized carbons (Fsp3) is 0.238. The van der Waals surface area contributed by atoms with Gasteiger partial charge in [-0.1, -0.05) is 171 Å². The van der Waals surface area contributed by atoms with Gasteiger partial charge in [0.1, 0.15) is 11.7 Å². The van der Waals surface area contributed by atoms with Crippen LogP contribution in [0.1, 0.15) is 122 Å². The van der Waals surface area contributed by atoms with Crippen molar-refractivity contribution in [3.05, 3.63) is 209 Å². The molecule has 68 heavy (non-hydrogen) atoms. The number of fused-ring (bicyclic) bond motifs is 6. The smallest absolute Gasteiger partial charge is 0.169 e. The second-order valence-corrected chi connectivity index (χ2v) is 20.6. The number of hydrogen-bond donors (Lipinski definition) is 1. The van der Waals surface area contributed by atoms with E-state index in [9.17, 15) is 0 Å². The normalized spacial score (nSPS) is 21.1. The summed E-state index contributed by atoms with van der Waals surface area (Å²) in [5.74, 6) is 1.68. The van der Waals surface area contributed by atoms with Crippen LogP contribution in [0, 0.1) is 5.92 Å². The molecule has 334 valence electrons. The lowest BCUT2D eigenvalue weighted by molar-refractivity contribution is 0.367. The molecule has 4 aliphatic carbocycles. The summed E-state index contributed by atoms with van der Waals surface area (Å²) in [5.41, 5.74) is 14.3. The molecule has 5 heteroatoms. The standard InChI is InChI=1S/C63H56N4S/c1-6-20-41(21-7-1)47-31-18-32-48(42-22-8-2-9-23-42)59(47)45-36-37-49(53(38-45)63-65-61(43-24-10-3-11-25-43)64-62(66-63)44-26-12-4-13-27-44)51-33-19-35-57-60(51)54-39-52-50-30-16-17-34-55(50)67(46-28-14-5-15-29-46)56(52)40-58(54)68-57/h3-4,6,10-13,16-22,24-27,30-40,46,49,53,61H,1-2,5,7-9,14-15,23,28-29H2,(H,64,65,66). The molecule has 2 aromatic heterocycles. The van der Waals surface area contributed by atoms with Crippen LogP contribution in [0.15, 0.2) is 186 Å². The molecule has 0 saturated heterocycles. The molecule has 0 amide bonds. The van der Waals surface area contributed by atoms with Gasteiger partial charge in [-0.3, -0.25) is 0 Å². The molecule has 1 N–H and O–H groups in total. The third-order valence-corrected chi connectivity index (χ3v) is 16.5. The van der Waals surface area contributed by atoms with Gasteiger partial charge in [0, 0.05) is 59.9 Å². The molecule has 8 aromatic rings. The van der Waals surface area contributed by atoms with Crippen LogP contribution in [0.25, 0.3) is 58.7 Å². The monoisotopic (exact) mass is 900 g/mol. The Balaban J connectivity index is 1.03. The first kappa shape index (κ1) is 41.4. The van der Waals surface area contributed by atoms with Crippen molar-refractivity contribution in [1.82, 2.24) is 9.88 Å². The van der Waals surface area contributed by atoms with Gasteiger partial charge in [-0.25, -0.2) is 9.98 Å². The Labute approximate surface area is 403 Å². The second kappa shape index (κ2) is 17.7.